The Kier molecular flexibility index (Phi) is 6.69. The molecule has 0 atom stereocenters. The molecule has 0 fully saturated rings. The van der Waals surface area contributed by atoms with E-state index in [2.05, 4.69) is 4.18 Å². The van der Waals surface area contributed by atoms with Gasteiger partial charge in [0.05, 0.1) is 16.7 Å². The van der Waals surface area contributed by atoms with Crippen molar-refractivity contribution < 1.29 is 56.9 Å². The molecule has 0 spiro atoms. The van der Waals surface area contributed by atoms with Gasteiger partial charge in [-0.05, 0) is 41.5 Å². The first-order valence-electron chi connectivity index (χ1n) is 8.01. The quantitative estimate of drug-likeness (QED) is 0.171. The van der Waals surface area contributed by atoms with Crippen molar-refractivity contribution >= 4 is 28.6 Å². The van der Waals surface area contributed by atoms with Crippen molar-refractivity contribution in [2.24, 2.45) is 0 Å². The molecule has 174 valence electrons. The fraction of sp³-hybridized carbons (Fsp3) is 0.167. The number of carbonyl (C=O) groups is 1. The van der Waals surface area contributed by atoms with E-state index in [1.54, 1.807) is 0 Å². The SMILES string of the molecule is O=Cc1cc(C=Cc2cc(C(F)(F)F)cc(C(F)(F)F)c2)ccc1OS(=O)(=O)C(F)(F)F. The van der Waals surface area contributed by atoms with Crippen molar-refractivity contribution in [3.05, 3.63) is 64.2 Å². The highest BCUT2D eigenvalue weighted by Crippen LogP contribution is 2.37. The Labute approximate surface area is 174 Å². The lowest BCUT2D eigenvalue weighted by atomic mass is 10.0. The Balaban J connectivity index is 2.43. The van der Waals surface area contributed by atoms with E-state index in [4.69, 9.17) is 0 Å². The third-order valence-corrected chi connectivity index (χ3v) is 4.69. The van der Waals surface area contributed by atoms with Gasteiger partial charge in [-0.1, -0.05) is 18.2 Å². The van der Waals surface area contributed by atoms with Crippen LogP contribution in [-0.2, 0) is 22.5 Å². The lowest BCUT2D eigenvalue weighted by Crippen LogP contribution is -2.28. The van der Waals surface area contributed by atoms with Gasteiger partial charge < -0.3 is 4.18 Å². The summed E-state index contributed by atoms with van der Waals surface area (Å²) in [7, 11) is -6.08. The van der Waals surface area contributed by atoms with E-state index in [9.17, 15) is 52.7 Å². The molecule has 4 nitrogen and oxygen atoms in total. The number of halogens is 9. The number of benzene rings is 2. The van der Waals surface area contributed by atoms with Crippen LogP contribution in [0.4, 0.5) is 39.5 Å². The molecule has 0 aromatic heterocycles. The van der Waals surface area contributed by atoms with Crippen LogP contribution >= 0.6 is 0 Å². The molecule has 2 rings (SSSR count). The molecule has 0 radical (unpaired) electrons. The lowest BCUT2D eigenvalue weighted by molar-refractivity contribution is -0.143. The van der Waals surface area contributed by atoms with Gasteiger partial charge in [0.15, 0.2) is 12.0 Å². The summed E-state index contributed by atoms with van der Waals surface area (Å²) < 4.78 is 140. The Morgan fingerprint density at radius 3 is 1.66 bits per heavy atom. The molecule has 14 heteroatoms. The Hall–Kier alpha value is -3.03. The average Bonchev–Trinajstić information content (AvgIpc) is 2.64. The van der Waals surface area contributed by atoms with E-state index in [0.29, 0.717) is 18.2 Å². The third kappa shape index (κ3) is 6.02. The summed E-state index contributed by atoms with van der Waals surface area (Å²) in [6.45, 7) is 0. The van der Waals surface area contributed by atoms with E-state index < -0.39 is 56.0 Å². The first-order chi connectivity index (χ1) is 14.4. The summed E-state index contributed by atoms with van der Waals surface area (Å²) in [5.41, 5.74) is -10.1. The normalized spacial score (nSPS) is 13.4. The first-order valence-corrected chi connectivity index (χ1v) is 9.42. The van der Waals surface area contributed by atoms with Crippen molar-refractivity contribution in [2.75, 3.05) is 0 Å². The number of rotatable bonds is 5. The molecule has 2 aromatic carbocycles. The number of hydrogen-bond acceptors (Lipinski definition) is 4. The lowest BCUT2D eigenvalue weighted by Gasteiger charge is -2.13. The van der Waals surface area contributed by atoms with Crippen LogP contribution in [-0.4, -0.2) is 20.2 Å². The predicted octanol–water partition coefficient (Wildman–Crippen LogP) is 5.94. The minimum Gasteiger partial charge on any atom is -0.375 e. The van der Waals surface area contributed by atoms with Gasteiger partial charge in [-0.15, -0.1) is 0 Å². The maximum Gasteiger partial charge on any atom is 0.534 e. The molecule has 0 bridgehead atoms. The summed E-state index contributed by atoms with van der Waals surface area (Å²) in [6, 6.07) is 3.21. The topological polar surface area (TPSA) is 60.4 Å². The summed E-state index contributed by atoms with van der Waals surface area (Å²) in [6.07, 6.45) is -8.40. The molecule has 0 aliphatic rings. The monoisotopic (exact) mass is 492 g/mol. The van der Waals surface area contributed by atoms with Crippen molar-refractivity contribution in [2.45, 2.75) is 17.9 Å². The summed E-state index contributed by atoms with van der Waals surface area (Å²) in [4.78, 5) is 11.1. The third-order valence-electron chi connectivity index (χ3n) is 3.72. The van der Waals surface area contributed by atoms with Crippen LogP contribution in [0.2, 0.25) is 0 Å². The number of hydrogen-bond donors (Lipinski definition) is 0. The van der Waals surface area contributed by atoms with Gasteiger partial charge in [0.1, 0.15) is 0 Å². The van der Waals surface area contributed by atoms with E-state index in [1.807, 2.05) is 0 Å². The van der Waals surface area contributed by atoms with Gasteiger partial charge in [-0.3, -0.25) is 4.79 Å². The van der Waals surface area contributed by atoms with Crippen LogP contribution in [0.25, 0.3) is 12.2 Å². The van der Waals surface area contributed by atoms with Gasteiger partial charge in [-0.2, -0.15) is 47.9 Å². The van der Waals surface area contributed by atoms with Crippen LogP contribution in [0.3, 0.4) is 0 Å². The van der Waals surface area contributed by atoms with Gasteiger partial charge >= 0.3 is 28.0 Å². The van der Waals surface area contributed by atoms with Gasteiger partial charge in [-0.25, -0.2) is 0 Å². The van der Waals surface area contributed by atoms with Gasteiger partial charge in [0, 0.05) is 0 Å². The molecule has 0 aliphatic heterocycles. The second-order valence-corrected chi connectivity index (χ2v) is 7.61. The van der Waals surface area contributed by atoms with Crippen molar-refractivity contribution in [3.63, 3.8) is 0 Å². The summed E-state index contributed by atoms with van der Waals surface area (Å²) in [5, 5.41) is 0. The Morgan fingerprint density at radius 1 is 0.719 bits per heavy atom. The zero-order valence-electron chi connectivity index (χ0n) is 15.1. The maximum absolute atomic E-state index is 12.9. The molecule has 0 aliphatic carbocycles. The molecule has 0 amide bonds. The molecule has 0 N–H and O–H groups in total. The maximum atomic E-state index is 12.9. The number of carbonyl (C=O) groups excluding carboxylic acids is 1. The standard InChI is InChI=1S/C18H9F9O4S/c19-16(20,21)13-6-11(7-14(8-13)17(22,23)24)2-1-10-3-4-15(12(5-10)9-28)31-32(29,30)18(25,26)27/h1-9H. The van der Waals surface area contributed by atoms with Gasteiger partial charge in [0.2, 0.25) is 0 Å². The van der Waals surface area contributed by atoms with E-state index >= 15 is 0 Å². The van der Waals surface area contributed by atoms with Gasteiger partial charge in [0.25, 0.3) is 0 Å². The molecular formula is C18H9F9O4S. The molecule has 2 aromatic rings. The predicted molar refractivity (Wildman–Crippen MR) is 92.8 cm³/mol. The molecule has 0 unspecified atom stereocenters. The van der Waals surface area contributed by atoms with E-state index in [1.165, 1.54) is 0 Å². The van der Waals surface area contributed by atoms with Crippen molar-refractivity contribution in [1.29, 1.82) is 0 Å². The zero-order valence-corrected chi connectivity index (χ0v) is 16.0. The van der Waals surface area contributed by atoms with Crippen LogP contribution in [0.15, 0.2) is 36.4 Å². The summed E-state index contributed by atoms with van der Waals surface area (Å²) in [5.74, 6) is -0.979. The highest BCUT2D eigenvalue weighted by Gasteiger charge is 2.48. The second-order valence-electron chi connectivity index (χ2n) is 6.07. The smallest absolute Gasteiger partial charge is 0.375 e. The van der Waals surface area contributed by atoms with Crippen molar-refractivity contribution in [3.8, 4) is 5.75 Å². The molecular weight excluding hydrogens is 483 g/mol. The summed E-state index contributed by atoms with van der Waals surface area (Å²) >= 11 is 0. The zero-order chi connectivity index (χ0) is 24.5. The Morgan fingerprint density at radius 2 is 1.22 bits per heavy atom. The average molecular weight is 492 g/mol. The fourth-order valence-corrected chi connectivity index (χ4v) is 2.75. The molecule has 32 heavy (non-hydrogen) atoms. The molecule has 0 heterocycles. The highest BCUT2D eigenvalue weighted by atomic mass is 32.2. The second kappa shape index (κ2) is 8.48. The van der Waals surface area contributed by atoms with Crippen LogP contribution in [0.1, 0.15) is 32.6 Å². The number of alkyl halides is 9. The van der Waals surface area contributed by atoms with E-state index in [0.717, 1.165) is 24.3 Å². The fourth-order valence-electron chi connectivity index (χ4n) is 2.27. The molecule has 0 saturated carbocycles. The number of aldehydes is 1. The minimum absolute atomic E-state index is 0.0510. The largest absolute Gasteiger partial charge is 0.534 e. The minimum atomic E-state index is -6.08. The van der Waals surface area contributed by atoms with Crippen LogP contribution in [0, 0.1) is 0 Å². The van der Waals surface area contributed by atoms with Crippen LogP contribution < -0.4 is 4.18 Å². The van der Waals surface area contributed by atoms with E-state index in [-0.39, 0.29) is 17.9 Å². The van der Waals surface area contributed by atoms with Crippen LogP contribution in [0.5, 0.6) is 5.75 Å². The molecule has 0 saturated heterocycles. The highest BCUT2D eigenvalue weighted by molar-refractivity contribution is 7.88. The first kappa shape index (κ1) is 25.2. The van der Waals surface area contributed by atoms with Crippen molar-refractivity contribution in [1.82, 2.24) is 0 Å². The Bertz CT molecular complexity index is 1110.